The highest BCUT2D eigenvalue weighted by atomic mass is 32.1. The number of oxazole rings is 1. The van der Waals surface area contributed by atoms with Crippen LogP contribution in [-0.2, 0) is 9.47 Å². The molecule has 6 nitrogen and oxygen atoms in total. The molecule has 0 unspecified atom stereocenters. The van der Waals surface area contributed by atoms with E-state index in [9.17, 15) is 4.79 Å². The van der Waals surface area contributed by atoms with E-state index in [4.69, 9.17) is 26.1 Å². The van der Waals surface area contributed by atoms with Crippen LogP contribution >= 0.6 is 12.2 Å². The molecule has 0 bridgehead atoms. The van der Waals surface area contributed by atoms with Crippen molar-refractivity contribution in [2.75, 3.05) is 26.3 Å². The van der Waals surface area contributed by atoms with E-state index in [0.29, 0.717) is 35.1 Å². The van der Waals surface area contributed by atoms with Gasteiger partial charge >= 0.3 is 0 Å². The predicted octanol–water partition coefficient (Wildman–Crippen LogP) is 2.72. The first-order valence-electron chi connectivity index (χ1n) is 7.86. The minimum atomic E-state index is -0.0901. The van der Waals surface area contributed by atoms with Crippen molar-refractivity contribution in [2.24, 2.45) is 5.92 Å². The fourth-order valence-corrected chi connectivity index (χ4v) is 3.48. The number of piperidine rings is 1. The first-order valence-corrected chi connectivity index (χ1v) is 8.27. The first kappa shape index (κ1) is 14.9. The molecule has 1 aromatic heterocycles. The molecular formula is C16H18N2O4S. The number of carbonyl (C=O) groups is 1. The van der Waals surface area contributed by atoms with E-state index in [1.54, 1.807) is 12.1 Å². The smallest absolute Gasteiger partial charge is 0.266 e. The number of nitrogens with zero attached hydrogens (tertiary/aromatic N) is 1. The topological polar surface area (TPSA) is 67.7 Å². The third-order valence-electron chi connectivity index (χ3n) is 4.53. The van der Waals surface area contributed by atoms with E-state index in [1.165, 1.54) is 0 Å². The largest absolute Gasteiger partial charge is 0.429 e. The third-order valence-corrected chi connectivity index (χ3v) is 4.71. The molecule has 1 amide bonds. The van der Waals surface area contributed by atoms with Gasteiger partial charge in [0.25, 0.3) is 10.7 Å². The molecule has 0 saturated carbocycles. The summed E-state index contributed by atoms with van der Waals surface area (Å²) in [6, 6.07) is 5.38. The zero-order valence-electron chi connectivity index (χ0n) is 12.6. The van der Waals surface area contributed by atoms with Gasteiger partial charge in [-0.3, -0.25) is 4.79 Å². The molecule has 2 fully saturated rings. The highest BCUT2D eigenvalue weighted by Crippen LogP contribution is 2.27. The summed E-state index contributed by atoms with van der Waals surface area (Å²) in [5, 5.41) is 0. The maximum absolute atomic E-state index is 12.7. The molecule has 0 spiro atoms. The van der Waals surface area contributed by atoms with E-state index in [0.717, 1.165) is 31.4 Å². The summed E-state index contributed by atoms with van der Waals surface area (Å²) in [6.07, 6.45) is 1.72. The number of aromatic nitrogens is 1. The number of ether oxygens (including phenoxy) is 2. The van der Waals surface area contributed by atoms with Gasteiger partial charge in [0.15, 0.2) is 11.9 Å². The van der Waals surface area contributed by atoms with Gasteiger partial charge in [-0.25, -0.2) is 0 Å². The van der Waals surface area contributed by atoms with Gasteiger partial charge in [0.1, 0.15) is 0 Å². The Morgan fingerprint density at radius 1 is 1.22 bits per heavy atom. The van der Waals surface area contributed by atoms with Gasteiger partial charge in [0, 0.05) is 24.6 Å². The second-order valence-electron chi connectivity index (χ2n) is 5.97. The van der Waals surface area contributed by atoms with Crippen molar-refractivity contribution in [1.29, 1.82) is 0 Å². The van der Waals surface area contributed by atoms with Crippen molar-refractivity contribution < 1.29 is 18.7 Å². The molecule has 0 radical (unpaired) electrons. The second kappa shape index (κ2) is 6.07. The van der Waals surface area contributed by atoms with Gasteiger partial charge in [-0.05, 0) is 43.3 Å². The number of nitrogens with one attached hydrogen (secondary N) is 1. The molecule has 122 valence electrons. The Kier molecular flexibility index (Phi) is 3.92. The monoisotopic (exact) mass is 334 g/mol. The van der Waals surface area contributed by atoms with Crippen LogP contribution in [0.2, 0.25) is 0 Å². The zero-order valence-corrected chi connectivity index (χ0v) is 13.4. The van der Waals surface area contributed by atoms with Gasteiger partial charge in [0.05, 0.1) is 18.7 Å². The molecule has 1 aromatic carbocycles. The third kappa shape index (κ3) is 2.91. The van der Waals surface area contributed by atoms with Crippen LogP contribution < -0.4 is 0 Å². The molecule has 3 heterocycles. The molecule has 0 aliphatic carbocycles. The Hall–Kier alpha value is -1.70. The van der Waals surface area contributed by atoms with E-state index >= 15 is 0 Å². The lowest BCUT2D eigenvalue weighted by Gasteiger charge is -2.33. The summed E-state index contributed by atoms with van der Waals surface area (Å²) in [6.45, 7) is 2.80. The van der Waals surface area contributed by atoms with Crippen molar-refractivity contribution in [2.45, 2.75) is 19.1 Å². The summed E-state index contributed by atoms with van der Waals surface area (Å²) in [4.78, 5) is 17.8. The minimum absolute atomic E-state index is 0.0286. The number of likely N-dealkylation sites (tertiary alicyclic amines) is 1. The molecule has 2 aliphatic heterocycles. The summed E-state index contributed by atoms with van der Waals surface area (Å²) in [7, 11) is 0. The number of rotatable bonds is 2. The number of aromatic amines is 1. The van der Waals surface area contributed by atoms with E-state index < -0.39 is 0 Å². The Morgan fingerprint density at radius 3 is 2.70 bits per heavy atom. The molecule has 2 aromatic rings. The number of amides is 1. The molecule has 2 saturated heterocycles. The summed E-state index contributed by atoms with van der Waals surface area (Å²) in [5.74, 6) is 0.410. The lowest BCUT2D eigenvalue weighted by Crippen LogP contribution is -2.41. The fourth-order valence-electron chi connectivity index (χ4n) is 3.28. The number of hydrogen-bond acceptors (Lipinski definition) is 5. The van der Waals surface area contributed by atoms with Crippen LogP contribution in [0.5, 0.6) is 0 Å². The standard InChI is InChI=1S/C16H18N2O4S/c19-14(11-1-2-12-13(9-11)22-16(23)17-12)18-5-3-10(4-6-18)15-20-7-8-21-15/h1-2,9-10,15H,3-8H2,(H,17,23). The average molecular weight is 334 g/mol. The van der Waals surface area contributed by atoms with Crippen molar-refractivity contribution in [3.05, 3.63) is 28.6 Å². The van der Waals surface area contributed by atoms with Gasteiger partial charge in [-0.1, -0.05) is 0 Å². The number of H-pyrrole nitrogens is 1. The molecule has 0 atom stereocenters. The van der Waals surface area contributed by atoms with Crippen LogP contribution in [0.4, 0.5) is 0 Å². The van der Waals surface area contributed by atoms with E-state index in [2.05, 4.69) is 4.98 Å². The van der Waals surface area contributed by atoms with Gasteiger partial charge in [-0.2, -0.15) is 0 Å². The molecular weight excluding hydrogens is 316 g/mol. The second-order valence-corrected chi connectivity index (χ2v) is 6.34. The quantitative estimate of drug-likeness (QED) is 0.855. The van der Waals surface area contributed by atoms with Crippen LogP contribution in [0.15, 0.2) is 22.6 Å². The number of carbonyl (C=O) groups excluding carboxylic acids is 1. The average Bonchev–Trinajstić information content (AvgIpc) is 3.22. The molecule has 23 heavy (non-hydrogen) atoms. The van der Waals surface area contributed by atoms with Crippen molar-refractivity contribution in [3.8, 4) is 0 Å². The lowest BCUT2D eigenvalue weighted by atomic mass is 9.95. The zero-order chi connectivity index (χ0) is 15.8. The molecule has 2 aliphatic rings. The SMILES string of the molecule is O=C(c1ccc2[nH]c(=S)oc2c1)N1CCC(C2OCCO2)CC1. The Morgan fingerprint density at radius 2 is 1.96 bits per heavy atom. The highest BCUT2D eigenvalue weighted by molar-refractivity contribution is 7.71. The highest BCUT2D eigenvalue weighted by Gasteiger charge is 2.32. The summed E-state index contributed by atoms with van der Waals surface area (Å²) >= 11 is 4.97. The Labute approximate surface area is 138 Å². The molecule has 7 heteroatoms. The number of hydrogen-bond donors (Lipinski definition) is 1. The van der Waals surface area contributed by atoms with Gasteiger partial charge < -0.3 is 23.8 Å². The number of fused-ring (bicyclic) bond motifs is 1. The van der Waals surface area contributed by atoms with Crippen LogP contribution in [0.3, 0.4) is 0 Å². The summed E-state index contributed by atoms with van der Waals surface area (Å²) < 4.78 is 16.5. The van der Waals surface area contributed by atoms with Crippen LogP contribution in [0.1, 0.15) is 23.2 Å². The Balaban J connectivity index is 1.45. The van der Waals surface area contributed by atoms with Crippen molar-refractivity contribution in [3.63, 3.8) is 0 Å². The lowest BCUT2D eigenvalue weighted by molar-refractivity contribution is -0.0956. The Bertz CT molecular complexity index is 770. The maximum Gasteiger partial charge on any atom is 0.266 e. The fraction of sp³-hybridized carbons (Fsp3) is 0.500. The maximum atomic E-state index is 12.7. The van der Waals surface area contributed by atoms with Crippen LogP contribution in [0, 0.1) is 10.8 Å². The molecule has 4 rings (SSSR count). The van der Waals surface area contributed by atoms with E-state index in [1.807, 2.05) is 11.0 Å². The minimum Gasteiger partial charge on any atom is -0.429 e. The van der Waals surface area contributed by atoms with Crippen molar-refractivity contribution >= 4 is 29.2 Å². The first-order chi connectivity index (χ1) is 11.2. The van der Waals surface area contributed by atoms with Crippen LogP contribution in [0.25, 0.3) is 11.1 Å². The van der Waals surface area contributed by atoms with E-state index in [-0.39, 0.29) is 12.2 Å². The molecule has 1 N–H and O–H groups in total. The van der Waals surface area contributed by atoms with Gasteiger partial charge in [-0.15, -0.1) is 0 Å². The number of benzene rings is 1. The normalized spacial score (nSPS) is 20.4. The predicted molar refractivity (Wildman–Crippen MR) is 85.7 cm³/mol. The van der Waals surface area contributed by atoms with Gasteiger partial charge in [0.2, 0.25) is 0 Å². The summed E-state index contributed by atoms with van der Waals surface area (Å²) in [5.41, 5.74) is 2.05. The van der Waals surface area contributed by atoms with Crippen molar-refractivity contribution in [1.82, 2.24) is 9.88 Å². The van der Waals surface area contributed by atoms with Crippen LogP contribution in [-0.4, -0.2) is 48.4 Å².